The molecule has 14 heavy (non-hydrogen) atoms. The molecular weight excluding hydrogens is 258 g/mol. The number of hydrogen-bond acceptors (Lipinski definition) is 2. The van der Waals surface area contributed by atoms with Crippen molar-refractivity contribution >= 4 is 27.7 Å². The molecule has 0 aromatic heterocycles. The van der Waals surface area contributed by atoms with Crippen molar-refractivity contribution in [3.05, 3.63) is 28.7 Å². The van der Waals surface area contributed by atoms with Crippen LogP contribution in [0.4, 0.5) is 0 Å². The highest BCUT2D eigenvalue weighted by Crippen LogP contribution is 2.27. The second kappa shape index (κ2) is 5.79. The van der Waals surface area contributed by atoms with Gasteiger partial charge in [-0.25, -0.2) is 0 Å². The van der Waals surface area contributed by atoms with Crippen LogP contribution < -0.4 is 5.73 Å². The Kier molecular flexibility index (Phi) is 4.99. The summed E-state index contributed by atoms with van der Waals surface area (Å²) in [6.07, 6.45) is 1.05. The Morgan fingerprint density at radius 3 is 2.71 bits per heavy atom. The molecule has 2 unspecified atom stereocenters. The second-order valence-electron chi connectivity index (χ2n) is 3.60. The van der Waals surface area contributed by atoms with Crippen molar-refractivity contribution in [2.24, 2.45) is 5.73 Å². The summed E-state index contributed by atoms with van der Waals surface area (Å²) in [4.78, 5) is 1.30. The van der Waals surface area contributed by atoms with Crippen LogP contribution >= 0.6 is 27.7 Å². The van der Waals surface area contributed by atoms with E-state index >= 15 is 0 Å². The van der Waals surface area contributed by atoms with Crippen molar-refractivity contribution in [1.82, 2.24) is 0 Å². The monoisotopic (exact) mass is 273 g/mol. The van der Waals surface area contributed by atoms with E-state index in [0.29, 0.717) is 5.25 Å². The normalized spacial score (nSPS) is 15.1. The zero-order valence-electron chi connectivity index (χ0n) is 8.53. The molecule has 1 aromatic rings. The minimum atomic E-state index is 0.282. The molecule has 0 saturated carbocycles. The Labute approximate surface area is 98.6 Å². The molecule has 78 valence electrons. The molecule has 3 heteroatoms. The first-order valence-electron chi connectivity index (χ1n) is 4.75. The van der Waals surface area contributed by atoms with Gasteiger partial charge in [0.2, 0.25) is 0 Å². The summed E-state index contributed by atoms with van der Waals surface area (Å²) >= 11 is 5.34. The quantitative estimate of drug-likeness (QED) is 0.848. The predicted octanol–water partition coefficient (Wildman–Crippen LogP) is 3.67. The lowest BCUT2D eigenvalue weighted by Gasteiger charge is -2.13. The van der Waals surface area contributed by atoms with Gasteiger partial charge in [0.15, 0.2) is 0 Å². The number of thioether (sulfide) groups is 1. The first kappa shape index (κ1) is 12.1. The lowest BCUT2D eigenvalue weighted by atomic mass is 10.2. The average Bonchev–Trinajstić information content (AvgIpc) is 2.01. The van der Waals surface area contributed by atoms with Crippen LogP contribution in [0.15, 0.2) is 33.6 Å². The van der Waals surface area contributed by atoms with Gasteiger partial charge in [0.05, 0.1) is 0 Å². The van der Waals surface area contributed by atoms with Gasteiger partial charge < -0.3 is 5.73 Å². The zero-order valence-corrected chi connectivity index (χ0v) is 10.9. The van der Waals surface area contributed by atoms with Gasteiger partial charge in [0.25, 0.3) is 0 Å². The maximum Gasteiger partial charge on any atom is 0.0186 e. The highest BCUT2D eigenvalue weighted by atomic mass is 79.9. The van der Waals surface area contributed by atoms with E-state index in [9.17, 15) is 0 Å². The summed E-state index contributed by atoms with van der Waals surface area (Å²) in [6.45, 7) is 4.27. The first-order valence-corrected chi connectivity index (χ1v) is 6.43. The minimum Gasteiger partial charge on any atom is -0.328 e. The van der Waals surface area contributed by atoms with Gasteiger partial charge in [-0.1, -0.05) is 28.9 Å². The predicted molar refractivity (Wildman–Crippen MR) is 67.7 cm³/mol. The average molecular weight is 274 g/mol. The summed E-state index contributed by atoms with van der Waals surface area (Å²) in [5, 5.41) is 0.573. The molecule has 0 fully saturated rings. The third-order valence-corrected chi connectivity index (χ3v) is 3.45. The van der Waals surface area contributed by atoms with Crippen molar-refractivity contribution in [3.8, 4) is 0 Å². The molecule has 0 spiro atoms. The molecule has 0 bridgehead atoms. The van der Waals surface area contributed by atoms with E-state index in [4.69, 9.17) is 5.73 Å². The first-order chi connectivity index (χ1) is 6.58. The third kappa shape index (κ3) is 4.49. The minimum absolute atomic E-state index is 0.282. The molecule has 0 aliphatic rings. The fourth-order valence-electron chi connectivity index (χ4n) is 1.34. The van der Waals surface area contributed by atoms with Gasteiger partial charge in [-0.2, -0.15) is 0 Å². The number of hydrogen-bond donors (Lipinski definition) is 1. The molecule has 0 radical (unpaired) electrons. The molecule has 0 saturated heterocycles. The highest BCUT2D eigenvalue weighted by Gasteiger charge is 2.06. The summed E-state index contributed by atoms with van der Waals surface area (Å²) in [5.74, 6) is 0. The smallest absolute Gasteiger partial charge is 0.0186 e. The van der Waals surface area contributed by atoms with Gasteiger partial charge in [-0.15, -0.1) is 11.8 Å². The van der Waals surface area contributed by atoms with Crippen LogP contribution in [0.3, 0.4) is 0 Å². The Morgan fingerprint density at radius 1 is 1.43 bits per heavy atom. The number of nitrogens with two attached hydrogens (primary N) is 1. The van der Waals surface area contributed by atoms with Gasteiger partial charge in [0.1, 0.15) is 0 Å². The van der Waals surface area contributed by atoms with Crippen LogP contribution in [-0.2, 0) is 0 Å². The summed E-state index contributed by atoms with van der Waals surface area (Å²) in [5.41, 5.74) is 5.75. The fraction of sp³-hybridized carbons (Fsp3) is 0.455. The van der Waals surface area contributed by atoms with E-state index in [-0.39, 0.29) is 6.04 Å². The maximum absolute atomic E-state index is 5.75. The van der Waals surface area contributed by atoms with Gasteiger partial charge in [-0.3, -0.25) is 0 Å². The molecule has 0 aliphatic heterocycles. The van der Waals surface area contributed by atoms with Crippen molar-refractivity contribution < 1.29 is 0 Å². The van der Waals surface area contributed by atoms with Crippen LogP contribution in [0.5, 0.6) is 0 Å². The number of rotatable bonds is 4. The molecular formula is C11H16BrNS. The number of benzene rings is 1. The van der Waals surface area contributed by atoms with Crippen LogP contribution in [0.25, 0.3) is 0 Å². The molecule has 0 amide bonds. The van der Waals surface area contributed by atoms with Crippen molar-refractivity contribution in [3.63, 3.8) is 0 Å². The molecule has 0 heterocycles. The van der Waals surface area contributed by atoms with Gasteiger partial charge in [-0.05, 0) is 31.5 Å². The Morgan fingerprint density at radius 2 is 2.14 bits per heavy atom. The van der Waals surface area contributed by atoms with E-state index in [2.05, 4.69) is 48.0 Å². The van der Waals surface area contributed by atoms with E-state index in [1.54, 1.807) is 0 Å². The summed E-state index contributed by atoms with van der Waals surface area (Å²) < 4.78 is 1.13. The maximum atomic E-state index is 5.75. The van der Waals surface area contributed by atoms with Crippen LogP contribution in [0, 0.1) is 0 Å². The van der Waals surface area contributed by atoms with E-state index in [1.807, 2.05) is 17.8 Å². The molecule has 1 aromatic carbocycles. The van der Waals surface area contributed by atoms with Crippen LogP contribution in [0.1, 0.15) is 20.3 Å². The molecule has 2 N–H and O–H groups in total. The largest absolute Gasteiger partial charge is 0.328 e. The highest BCUT2D eigenvalue weighted by molar-refractivity contribution is 9.10. The van der Waals surface area contributed by atoms with E-state index in [0.717, 1.165) is 10.9 Å². The SMILES string of the molecule is CC(N)CC(C)Sc1cccc(Br)c1. The Balaban J connectivity index is 2.51. The van der Waals surface area contributed by atoms with Crippen LogP contribution in [-0.4, -0.2) is 11.3 Å². The topological polar surface area (TPSA) is 26.0 Å². The Hall–Kier alpha value is 0.01000. The summed E-state index contributed by atoms with van der Waals surface area (Å²) in [6, 6.07) is 8.66. The molecule has 1 nitrogen and oxygen atoms in total. The molecule has 0 aliphatic carbocycles. The second-order valence-corrected chi connectivity index (χ2v) is 6.03. The molecule has 1 rings (SSSR count). The number of halogens is 1. The third-order valence-electron chi connectivity index (χ3n) is 1.84. The van der Waals surface area contributed by atoms with Crippen molar-refractivity contribution in [2.75, 3.05) is 0 Å². The van der Waals surface area contributed by atoms with Crippen LogP contribution in [0.2, 0.25) is 0 Å². The zero-order chi connectivity index (χ0) is 10.6. The summed E-state index contributed by atoms with van der Waals surface area (Å²) in [7, 11) is 0. The van der Waals surface area contributed by atoms with Gasteiger partial charge >= 0.3 is 0 Å². The van der Waals surface area contributed by atoms with Gasteiger partial charge in [0, 0.05) is 20.7 Å². The van der Waals surface area contributed by atoms with E-state index < -0.39 is 0 Å². The fourth-order valence-corrected chi connectivity index (χ4v) is 3.11. The molecule has 2 atom stereocenters. The van der Waals surface area contributed by atoms with E-state index in [1.165, 1.54) is 4.90 Å². The van der Waals surface area contributed by atoms with Crippen molar-refractivity contribution in [2.45, 2.75) is 36.5 Å². The Bertz CT molecular complexity index is 288. The standard InChI is InChI=1S/C11H16BrNS/c1-8(13)6-9(2)14-11-5-3-4-10(12)7-11/h3-5,7-9H,6,13H2,1-2H3. The lowest BCUT2D eigenvalue weighted by molar-refractivity contribution is 0.663. The van der Waals surface area contributed by atoms with Crippen molar-refractivity contribution in [1.29, 1.82) is 0 Å². The lowest BCUT2D eigenvalue weighted by Crippen LogP contribution is -2.19.